The van der Waals surface area contributed by atoms with Gasteiger partial charge in [-0.25, -0.2) is 4.79 Å². The smallest absolute Gasteiger partial charge is 0.326 e. The first kappa shape index (κ1) is 19.6. The van der Waals surface area contributed by atoms with Crippen LogP contribution in [0.3, 0.4) is 0 Å². The second-order valence-corrected chi connectivity index (χ2v) is 6.66. The number of amides is 3. The Kier molecular flexibility index (Phi) is 6.36. The van der Waals surface area contributed by atoms with E-state index in [1.54, 1.807) is 0 Å². The number of hydrogen-bond acceptors (Lipinski definition) is 8. The average Bonchev–Trinajstić information content (AvgIpc) is 2.85. The predicted octanol–water partition coefficient (Wildman–Crippen LogP) is -0.464. The van der Waals surface area contributed by atoms with E-state index >= 15 is 0 Å². The van der Waals surface area contributed by atoms with Gasteiger partial charge in [0.1, 0.15) is 23.6 Å². The first-order valence-corrected chi connectivity index (χ1v) is 8.40. The van der Waals surface area contributed by atoms with Crippen LogP contribution >= 0.6 is 15.9 Å². The van der Waals surface area contributed by atoms with E-state index in [0.29, 0.717) is 0 Å². The molecule has 5 atom stereocenters. The molecule has 2 aliphatic heterocycles. The molecular formula is C14H19BrN2O8. The van der Waals surface area contributed by atoms with Crippen molar-refractivity contribution in [3.63, 3.8) is 0 Å². The van der Waals surface area contributed by atoms with Crippen LogP contribution in [0.1, 0.15) is 13.8 Å². The lowest BCUT2D eigenvalue weighted by molar-refractivity contribution is -0.158. The van der Waals surface area contributed by atoms with Crippen molar-refractivity contribution in [2.45, 2.75) is 43.2 Å². The van der Waals surface area contributed by atoms with Crippen LogP contribution in [0.5, 0.6) is 0 Å². The molecular weight excluding hydrogens is 404 g/mol. The zero-order chi connectivity index (χ0) is 18.7. The maximum Gasteiger partial charge on any atom is 0.326 e. The fourth-order valence-electron chi connectivity index (χ4n) is 2.69. The highest BCUT2D eigenvalue weighted by atomic mass is 79.9. The number of nitrogens with one attached hydrogen (secondary N) is 1. The Hall–Kier alpha value is -1.72. The standard InChI is InChI=1S/C14H19BrN2O8/c1-6(18)23-5-9-10(24-7(2)19)11(22-3)13(25-9)17-4-8(15)12(20)16-14(17)21/h8-11,13H,4-5H2,1-3H3,(H,16,20,21)/t8?,9-,10-,11-,13-/m1/s1. The van der Waals surface area contributed by atoms with Crippen molar-refractivity contribution in [2.24, 2.45) is 0 Å². The molecule has 0 radical (unpaired) electrons. The quantitative estimate of drug-likeness (QED) is 0.466. The summed E-state index contributed by atoms with van der Waals surface area (Å²) in [5.74, 6) is -1.55. The van der Waals surface area contributed by atoms with Gasteiger partial charge in [0.15, 0.2) is 12.3 Å². The van der Waals surface area contributed by atoms with Gasteiger partial charge in [0, 0.05) is 27.5 Å². The van der Waals surface area contributed by atoms with Gasteiger partial charge in [-0.15, -0.1) is 0 Å². The van der Waals surface area contributed by atoms with Crippen molar-refractivity contribution in [3.8, 4) is 0 Å². The van der Waals surface area contributed by atoms with Crippen LogP contribution in [0.25, 0.3) is 0 Å². The van der Waals surface area contributed by atoms with Crippen LogP contribution in [0.4, 0.5) is 4.79 Å². The molecule has 3 amide bonds. The number of esters is 2. The van der Waals surface area contributed by atoms with Crippen molar-refractivity contribution < 1.29 is 38.1 Å². The number of imide groups is 1. The van der Waals surface area contributed by atoms with Crippen molar-refractivity contribution in [1.29, 1.82) is 0 Å². The molecule has 25 heavy (non-hydrogen) atoms. The molecule has 0 aliphatic carbocycles. The fourth-order valence-corrected chi connectivity index (χ4v) is 3.12. The van der Waals surface area contributed by atoms with Gasteiger partial charge in [-0.1, -0.05) is 15.9 Å². The summed E-state index contributed by atoms with van der Waals surface area (Å²) >= 11 is 3.17. The maximum absolute atomic E-state index is 12.1. The summed E-state index contributed by atoms with van der Waals surface area (Å²) in [6.07, 6.45) is -3.45. The van der Waals surface area contributed by atoms with Gasteiger partial charge >= 0.3 is 18.0 Å². The molecule has 2 heterocycles. The zero-order valence-electron chi connectivity index (χ0n) is 13.9. The minimum absolute atomic E-state index is 0.0439. The topological polar surface area (TPSA) is 120 Å². The third kappa shape index (κ3) is 4.47. The number of methoxy groups -OCH3 is 1. The summed E-state index contributed by atoms with van der Waals surface area (Å²) in [5.41, 5.74) is 0. The molecule has 2 saturated heterocycles. The minimum Gasteiger partial charge on any atom is -0.463 e. The summed E-state index contributed by atoms with van der Waals surface area (Å²) in [4.78, 5) is 46.8. The number of nitrogens with zero attached hydrogens (tertiary/aromatic N) is 1. The Morgan fingerprint density at radius 1 is 1.28 bits per heavy atom. The molecule has 0 aromatic carbocycles. The molecule has 0 bridgehead atoms. The number of alkyl halides is 1. The van der Waals surface area contributed by atoms with E-state index in [1.165, 1.54) is 25.9 Å². The van der Waals surface area contributed by atoms with Crippen LogP contribution in [0.2, 0.25) is 0 Å². The Morgan fingerprint density at radius 3 is 2.52 bits per heavy atom. The van der Waals surface area contributed by atoms with Crippen LogP contribution in [-0.4, -0.2) is 78.4 Å². The Balaban J connectivity index is 2.21. The summed E-state index contributed by atoms with van der Waals surface area (Å²) in [7, 11) is 1.38. The fraction of sp³-hybridized carbons (Fsp3) is 0.714. The molecule has 0 saturated carbocycles. The normalized spacial score (nSPS) is 32.3. The molecule has 2 rings (SSSR count). The second-order valence-electron chi connectivity index (χ2n) is 5.56. The van der Waals surface area contributed by atoms with Gasteiger partial charge < -0.3 is 18.9 Å². The number of carbonyl (C=O) groups is 4. The van der Waals surface area contributed by atoms with Crippen molar-refractivity contribution in [2.75, 3.05) is 20.3 Å². The van der Waals surface area contributed by atoms with Crippen LogP contribution in [0, 0.1) is 0 Å². The Morgan fingerprint density at radius 2 is 1.96 bits per heavy atom. The highest BCUT2D eigenvalue weighted by molar-refractivity contribution is 9.10. The second kappa shape index (κ2) is 8.11. The lowest BCUT2D eigenvalue weighted by Crippen LogP contribution is -2.60. The highest BCUT2D eigenvalue weighted by Crippen LogP contribution is 2.30. The lowest BCUT2D eigenvalue weighted by atomic mass is 10.1. The monoisotopic (exact) mass is 422 g/mol. The molecule has 0 aromatic rings. The molecule has 2 fully saturated rings. The van der Waals surface area contributed by atoms with Gasteiger partial charge in [0.2, 0.25) is 5.91 Å². The van der Waals surface area contributed by atoms with E-state index in [0.717, 1.165) is 0 Å². The first-order chi connectivity index (χ1) is 11.7. The van der Waals surface area contributed by atoms with E-state index < -0.39 is 53.2 Å². The largest absolute Gasteiger partial charge is 0.463 e. The zero-order valence-corrected chi connectivity index (χ0v) is 15.5. The van der Waals surface area contributed by atoms with Gasteiger partial charge in [-0.05, 0) is 0 Å². The SMILES string of the molecule is CO[C@@H]1[C@H](OC(C)=O)[C@@H](COC(C)=O)O[C@H]1N1CC(Br)C(=O)NC1=O. The van der Waals surface area contributed by atoms with Crippen LogP contribution in [-0.2, 0) is 33.3 Å². The van der Waals surface area contributed by atoms with E-state index in [9.17, 15) is 19.2 Å². The summed E-state index contributed by atoms with van der Waals surface area (Å²) in [6.45, 7) is 2.34. The van der Waals surface area contributed by atoms with Crippen LogP contribution in [0.15, 0.2) is 0 Å². The van der Waals surface area contributed by atoms with Crippen molar-refractivity contribution in [3.05, 3.63) is 0 Å². The molecule has 10 nitrogen and oxygen atoms in total. The molecule has 1 unspecified atom stereocenters. The number of hydrogen-bond donors (Lipinski definition) is 1. The summed E-state index contributed by atoms with van der Waals surface area (Å²) < 4.78 is 21.3. The molecule has 0 aromatic heterocycles. The highest BCUT2D eigenvalue weighted by Gasteiger charge is 2.52. The van der Waals surface area contributed by atoms with E-state index in [2.05, 4.69) is 21.2 Å². The summed E-state index contributed by atoms with van der Waals surface area (Å²) in [6, 6.07) is -0.650. The number of rotatable bonds is 5. The van der Waals surface area contributed by atoms with Crippen molar-refractivity contribution >= 4 is 39.8 Å². The first-order valence-electron chi connectivity index (χ1n) is 7.49. The molecule has 140 valence electrons. The van der Waals surface area contributed by atoms with E-state index in [1.807, 2.05) is 0 Å². The van der Waals surface area contributed by atoms with Crippen molar-refractivity contribution in [1.82, 2.24) is 10.2 Å². The van der Waals surface area contributed by atoms with E-state index in [-0.39, 0.29) is 13.2 Å². The molecule has 2 aliphatic rings. The minimum atomic E-state index is -0.928. The van der Waals surface area contributed by atoms with E-state index in [4.69, 9.17) is 18.9 Å². The van der Waals surface area contributed by atoms with Gasteiger partial charge in [0.25, 0.3) is 0 Å². The number of halogens is 1. The Bertz CT molecular complexity index is 571. The summed E-state index contributed by atoms with van der Waals surface area (Å²) in [5, 5.41) is 2.19. The average molecular weight is 423 g/mol. The maximum atomic E-state index is 12.1. The molecule has 1 N–H and O–H groups in total. The Labute approximate surface area is 152 Å². The van der Waals surface area contributed by atoms with Crippen LogP contribution < -0.4 is 5.32 Å². The molecule has 0 spiro atoms. The number of urea groups is 1. The van der Waals surface area contributed by atoms with Gasteiger partial charge in [-0.2, -0.15) is 0 Å². The van der Waals surface area contributed by atoms with Gasteiger partial charge in [-0.3, -0.25) is 24.6 Å². The number of ether oxygens (including phenoxy) is 4. The van der Waals surface area contributed by atoms with Gasteiger partial charge in [0.05, 0.1) is 0 Å². The lowest BCUT2D eigenvalue weighted by Gasteiger charge is -2.35. The predicted molar refractivity (Wildman–Crippen MR) is 84.6 cm³/mol. The molecule has 11 heteroatoms. The third-order valence-electron chi connectivity index (χ3n) is 3.75. The number of carbonyl (C=O) groups excluding carboxylic acids is 4. The third-order valence-corrected chi connectivity index (χ3v) is 4.46.